The minimum Gasteiger partial charge on any atom is -0.398 e. The maximum atomic E-state index is 6.18. The number of aryl methyl sites for hydroxylation is 1. The van der Waals surface area contributed by atoms with Crippen LogP contribution in [0, 0.1) is 6.92 Å². The monoisotopic (exact) mass is 273 g/mol. The summed E-state index contributed by atoms with van der Waals surface area (Å²) in [5.41, 5.74) is 8.56. The number of hydrogen-bond acceptors (Lipinski definition) is 5. The zero-order chi connectivity index (χ0) is 14.3. The Hall–Kier alpha value is -1.95. The molecule has 6 heteroatoms. The van der Waals surface area contributed by atoms with E-state index in [-0.39, 0.29) is 11.6 Å². The SMILES string of the molecule is Cc1cccc(-c2nnnn2C2(C)CCOC2C)c1N. The number of ether oxygens (including phenoxy) is 1. The lowest BCUT2D eigenvalue weighted by atomic mass is 9.94. The fraction of sp³-hybridized carbons (Fsp3) is 0.500. The molecular weight excluding hydrogens is 254 g/mol. The third kappa shape index (κ3) is 1.79. The lowest BCUT2D eigenvalue weighted by molar-refractivity contribution is 0.0706. The van der Waals surface area contributed by atoms with Gasteiger partial charge in [0.2, 0.25) is 0 Å². The summed E-state index contributed by atoms with van der Waals surface area (Å²) in [6, 6.07) is 5.90. The topological polar surface area (TPSA) is 78.8 Å². The van der Waals surface area contributed by atoms with Crippen molar-refractivity contribution >= 4 is 5.69 Å². The van der Waals surface area contributed by atoms with Gasteiger partial charge in [-0.1, -0.05) is 12.1 Å². The van der Waals surface area contributed by atoms with Gasteiger partial charge >= 0.3 is 0 Å². The number of tetrazole rings is 1. The van der Waals surface area contributed by atoms with E-state index >= 15 is 0 Å². The molecule has 0 spiro atoms. The first-order valence-corrected chi connectivity index (χ1v) is 6.80. The van der Waals surface area contributed by atoms with Crippen molar-refractivity contribution < 1.29 is 4.74 Å². The van der Waals surface area contributed by atoms with Gasteiger partial charge < -0.3 is 10.5 Å². The smallest absolute Gasteiger partial charge is 0.184 e. The van der Waals surface area contributed by atoms with Gasteiger partial charge in [0, 0.05) is 17.9 Å². The molecule has 1 aromatic heterocycles. The number of benzene rings is 1. The van der Waals surface area contributed by atoms with E-state index in [2.05, 4.69) is 29.4 Å². The third-order valence-corrected chi connectivity index (χ3v) is 4.37. The highest BCUT2D eigenvalue weighted by Gasteiger charge is 2.42. The molecule has 1 fully saturated rings. The average molecular weight is 273 g/mol. The first-order valence-electron chi connectivity index (χ1n) is 6.80. The lowest BCUT2D eigenvalue weighted by Gasteiger charge is -2.28. The summed E-state index contributed by atoms with van der Waals surface area (Å²) >= 11 is 0. The molecule has 0 radical (unpaired) electrons. The van der Waals surface area contributed by atoms with Crippen LogP contribution < -0.4 is 5.73 Å². The predicted octanol–water partition coefficient (Wildman–Crippen LogP) is 1.75. The van der Waals surface area contributed by atoms with Crippen molar-refractivity contribution in [2.24, 2.45) is 0 Å². The van der Waals surface area contributed by atoms with E-state index in [0.29, 0.717) is 5.82 Å². The van der Waals surface area contributed by atoms with Crippen molar-refractivity contribution in [2.75, 3.05) is 12.3 Å². The van der Waals surface area contributed by atoms with Gasteiger partial charge in [0.1, 0.15) is 0 Å². The number of aromatic nitrogens is 4. The Morgan fingerprint density at radius 2 is 2.25 bits per heavy atom. The highest BCUT2D eigenvalue weighted by Crippen LogP contribution is 2.36. The molecule has 0 bridgehead atoms. The van der Waals surface area contributed by atoms with Crippen LogP contribution >= 0.6 is 0 Å². The van der Waals surface area contributed by atoms with Crippen LogP contribution in [-0.4, -0.2) is 32.9 Å². The minimum absolute atomic E-state index is 0.0655. The molecule has 20 heavy (non-hydrogen) atoms. The Morgan fingerprint density at radius 1 is 1.45 bits per heavy atom. The Morgan fingerprint density at radius 3 is 2.95 bits per heavy atom. The quantitative estimate of drug-likeness (QED) is 0.843. The molecule has 1 aliphatic rings. The van der Waals surface area contributed by atoms with Crippen LogP contribution in [0.5, 0.6) is 0 Å². The maximum Gasteiger partial charge on any atom is 0.184 e. The Bertz CT molecular complexity index is 638. The van der Waals surface area contributed by atoms with Gasteiger partial charge in [0.15, 0.2) is 5.82 Å². The van der Waals surface area contributed by atoms with E-state index in [1.54, 1.807) is 0 Å². The Balaban J connectivity index is 2.14. The summed E-state index contributed by atoms with van der Waals surface area (Å²) in [6.45, 7) is 6.88. The number of anilines is 1. The molecule has 2 atom stereocenters. The molecule has 0 amide bonds. The summed E-state index contributed by atoms with van der Waals surface area (Å²) in [4.78, 5) is 0. The summed E-state index contributed by atoms with van der Waals surface area (Å²) in [7, 11) is 0. The average Bonchev–Trinajstić information content (AvgIpc) is 3.02. The van der Waals surface area contributed by atoms with E-state index in [1.165, 1.54) is 0 Å². The molecule has 6 nitrogen and oxygen atoms in total. The zero-order valence-electron chi connectivity index (χ0n) is 12.0. The summed E-state index contributed by atoms with van der Waals surface area (Å²) in [5.74, 6) is 0.700. The second-order valence-corrected chi connectivity index (χ2v) is 5.57. The van der Waals surface area contributed by atoms with Crippen LogP contribution in [0.3, 0.4) is 0 Å². The van der Waals surface area contributed by atoms with Crippen molar-refractivity contribution in [1.29, 1.82) is 0 Å². The van der Waals surface area contributed by atoms with Crippen molar-refractivity contribution in [3.8, 4) is 11.4 Å². The lowest BCUT2D eigenvalue weighted by Crippen LogP contribution is -2.38. The molecule has 1 aliphatic heterocycles. The molecule has 2 N–H and O–H groups in total. The van der Waals surface area contributed by atoms with Gasteiger partial charge in [0.25, 0.3) is 0 Å². The second-order valence-electron chi connectivity index (χ2n) is 5.57. The van der Waals surface area contributed by atoms with Gasteiger partial charge in [0.05, 0.1) is 11.6 Å². The van der Waals surface area contributed by atoms with E-state index in [9.17, 15) is 0 Å². The normalized spacial score (nSPS) is 26.1. The van der Waals surface area contributed by atoms with Crippen molar-refractivity contribution in [1.82, 2.24) is 20.2 Å². The molecule has 1 aromatic carbocycles. The highest BCUT2D eigenvalue weighted by molar-refractivity contribution is 5.74. The van der Waals surface area contributed by atoms with E-state index in [0.717, 1.165) is 29.8 Å². The van der Waals surface area contributed by atoms with Crippen molar-refractivity contribution in [2.45, 2.75) is 38.8 Å². The molecule has 106 valence electrons. The zero-order valence-corrected chi connectivity index (χ0v) is 12.0. The van der Waals surface area contributed by atoms with Crippen LogP contribution in [0.25, 0.3) is 11.4 Å². The van der Waals surface area contributed by atoms with Gasteiger partial charge in [-0.3, -0.25) is 0 Å². The summed E-state index contributed by atoms with van der Waals surface area (Å²) < 4.78 is 7.55. The number of nitrogens with zero attached hydrogens (tertiary/aromatic N) is 4. The van der Waals surface area contributed by atoms with Gasteiger partial charge in [-0.25, -0.2) is 4.68 Å². The van der Waals surface area contributed by atoms with Crippen LogP contribution in [0.1, 0.15) is 25.8 Å². The molecule has 2 aromatic rings. The molecule has 0 saturated carbocycles. The van der Waals surface area contributed by atoms with Crippen LogP contribution in [-0.2, 0) is 10.3 Å². The van der Waals surface area contributed by atoms with Gasteiger partial charge in [-0.2, -0.15) is 0 Å². The number of rotatable bonds is 2. The Labute approximate surface area is 117 Å². The molecule has 2 unspecified atom stereocenters. The number of nitrogens with two attached hydrogens (primary N) is 1. The minimum atomic E-state index is -0.241. The first-order chi connectivity index (χ1) is 9.54. The van der Waals surface area contributed by atoms with Gasteiger partial charge in [-0.15, -0.1) is 5.10 Å². The van der Waals surface area contributed by atoms with Crippen molar-refractivity contribution in [3.63, 3.8) is 0 Å². The fourth-order valence-electron chi connectivity index (χ4n) is 2.68. The van der Waals surface area contributed by atoms with Crippen LogP contribution in [0.4, 0.5) is 5.69 Å². The van der Waals surface area contributed by atoms with Crippen LogP contribution in [0.15, 0.2) is 18.2 Å². The predicted molar refractivity (Wildman–Crippen MR) is 76.1 cm³/mol. The number of para-hydroxylation sites is 1. The first kappa shape index (κ1) is 13.1. The van der Waals surface area contributed by atoms with E-state index in [4.69, 9.17) is 10.5 Å². The second kappa shape index (κ2) is 4.56. The van der Waals surface area contributed by atoms with Crippen LogP contribution in [0.2, 0.25) is 0 Å². The largest absolute Gasteiger partial charge is 0.398 e. The molecule has 3 rings (SSSR count). The molecule has 2 heterocycles. The summed E-state index contributed by atoms with van der Waals surface area (Å²) in [6.07, 6.45) is 0.952. The van der Waals surface area contributed by atoms with Crippen molar-refractivity contribution in [3.05, 3.63) is 23.8 Å². The van der Waals surface area contributed by atoms with E-state index in [1.807, 2.05) is 29.8 Å². The van der Waals surface area contributed by atoms with E-state index < -0.39 is 0 Å². The third-order valence-electron chi connectivity index (χ3n) is 4.37. The maximum absolute atomic E-state index is 6.18. The Kier molecular flexibility index (Phi) is 2.97. The van der Waals surface area contributed by atoms with Gasteiger partial charge in [-0.05, 0) is 49.2 Å². The molecule has 0 aliphatic carbocycles. The fourth-order valence-corrected chi connectivity index (χ4v) is 2.68. The molecule has 1 saturated heterocycles. The molecular formula is C14H19N5O. The number of nitrogen functional groups attached to an aromatic ring is 1. The standard InChI is InChI=1S/C14H19N5O/c1-9-5-4-6-11(12(9)15)13-16-17-18-19(13)14(3)7-8-20-10(14)2/h4-6,10H,7-8,15H2,1-3H3. The highest BCUT2D eigenvalue weighted by atomic mass is 16.5. The number of hydrogen-bond donors (Lipinski definition) is 1. The summed E-state index contributed by atoms with van der Waals surface area (Å²) in [5, 5.41) is 12.2.